The number of hydrogen-bond donors (Lipinski definition) is 0. The van der Waals surface area contributed by atoms with E-state index in [1.807, 2.05) is 13.0 Å². The van der Waals surface area contributed by atoms with E-state index in [0.717, 1.165) is 29.5 Å². The van der Waals surface area contributed by atoms with Crippen LogP contribution < -0.4 is 4.74 Å². The van der Waals surface area contributed by atoms with E-state index < -0.39 is 11.7 Å². The molecule has 0 radical (unpaired) electrons. The number of ether oxygens (including phenoxy) is 1. The van der Waals surface area contributed by atoms with Gasteiger partial charge in [-0.2, -0.15) is 13.2 Å². The summed E-state index contributed by atoms with van der Waals surface area (Å²) in [4.78, 5) is 0. The summed E-state index contributed by atoms with van der Waals surface area (Å²) >= 11 is 3.33. The molecule has 0 saturated carbocycles. The molecular formula is C13H14BrF3O. The summed E-state index contributed by atoms with van der Waals surface area (Å²) in [6.45, 7) is 2.29. The van der Waals surface area contributed by atoms with Crippen LogP contribution in [0.25, 0.3) is 0 Å². The quantitative estimate of drug-likeness (QED) is 0.558. The number of rotatable bonds is 5. The van der Waals surface area contributed by atoms with Crippen LogP contribution in [-0.4, -0.2) is 11.9 Å². The van der Waals surface area contributed by atoms with Gasteiger partial charge in [0.2, 0.25) is 0 Å². The lowest BCUT2D eigenvalue weighted by molar-refractivity contribution is -0.137. The minimum absolute atomic E-state index is 0.228. The van der Waals surface area contributed by atoms with E-state index in [4.69, 9.17) is 4.74 Å². The van der Waals surface area contributed by atoms with Crippen LogP contribution in [0, 0.1) is 0 Å². The molecule has 0 aliphatic rings. The van der Waals surface area contributed by atoms with Crippen molar-refractivity contribution < 1.29 is 17.9 Å². The highest BCUT2D eigenvalue weighted by molar-refractivity contribution is 9.09. The van der Waals surface area contributed by atoms with E-state index in [9.17, 15) is 13.2 Å². The summed E-state index contributed by atoms with van der Waals surface area (Å²) in [5.41, 5.74) is 0.460. The topological polar surface area (TPSA) is 9.23 Å². The Morgan fingerprint density at radius 2 is 2.11 bits per heavy atom. The van der Waals surface area contributed by atoms with Crippen LogP contribution in [0.5, 0.6) is 5.75 Å². The molecule has 0 heterocycles. The fourth-order valence-electron chi connectivity index (χ4n) is 1.31. The molecular weight excluding hydrogens is 309 g/mol. The zero-order valence-electron chi connectivity index (χ0n) is 9.93. The number of halogens is 4. The Morgan fingerprint density at radius 1 is 1.39 bits per heavy atom. The molecule has 1 aromatic rings. The van der Waals surface area contributed by atoms with E-state index in [-0.39, 0.29) is 12.4 Å². The summed E-state index contributed by atoms with van der Waals surface area (Å²) in [6, 6.07) is 4.89. The summed E-state index contributed by atoms with van der Waals surface area (Å²) in [5.74, 6) is 0.228. The van der Waals surface area contributed by atoms with Crippen molar-refractivity contribution in [1.82, 2.24) is 0 Å². The molecule has 0 atom stereocenters. The van der Waals surface area contributed by atoms with Gasteiger partial charge in [0.15, 0.2) is 0 Å². The zero-order valence-corrected chi connectivity index (χ0v) is 11.5. The van der Waals surface area contributed by atoms with Crippen LogP contribution in [0.3, 0.4) is 0 Å². The van der Waals surface area contributed by atoms with E-state index in [1.165, 1.54) is 12.1 Å². The van der Waals surface area contributed by atoms with Crippen LogP contribution in [0.1, 0.15) is 18.9 Å². The molecule has 1 nitrogen and oxygen atoms in total. The first-order valence-corrected chi connectivity index (χ1v) is 6.63. The highest BCUT2D eigenvalue weighted by Crippen LogP contribution is 2.31. The van der Waals surface area contributed by atoms with E-state index in [0.29, 0.717) is 0 Å². The Hall–Kier alpha value is -0.970. The van der Waals surface area contributed by atoms with E-state index in [1.54, 1.807) is 0 Å². The molecule has 1 rings (SSSR count). The Labute approximate surface area is 113 Å². The Kier molecular flexibility index (Phi) is 5.72. The Bertz CT molecular complexity index is 407. The predicted molar refractivity (Wildman–Crippen MR) is 69.1 cm³/mol. The summed E-state index contributed by atoms with van der Waals surface area (Å²) < 4.78 is 42.6. The van der Waals surface area contributed by atoms with Gasteiger partial charge in [-0.15, -0.1) is 0 Å². The minimum atomic E-state index is -4.33. The average Bonchev–Trinajstić information content (AvgIpc) is 2.34. The third kappa shape index (κ3) is 4.72. The number of hydrogen-bond acceptors (Lipinski definition) is 1. The van der Waals surface area contributed by atoms with Crippen LogP contribution >= 0.6 is 15.9 Å². The first-order chi connectivity index (χ1) is 8.47. The smallest absolute Gasteiger partial charge is 0.416 e. The van der Waals surface area contributed by atoms with Crippen molar-refractivity contribution in [3.05, 3.63) is 41.5 Å². The first-order valence-electron chi connectivity index (χ1n) is 5.51. The standard InChI is InChI=1S/C13H14BrF3O/c1-2-10(9-14)6-7-18-12-5-3-4-11(8-12)13(15,16)17/h3-6,8H,2,7,9H2,1H3/b10-6+. The van der Waals surface area contributed by atoms with Crippen LogP contribution in [0.15, 0.2) is 35.9 Å². The van der Waals surface area contributed by atoms with Gasteiger partial charge in [-0.3, -0.25) is 0 Å². The molecule has 0 unspecified atom stereocenters. The van der Waals surface area contributed by atoms with Crippen molar-refractivity contribution in [2.75, 3.05) is 11.9 Å². The number of allylic oxidation sites excluding steroid dienone is 1. The van der Waals surface area contributed by atoms with E-state index in [2.05, 4.69) is 15.9 Å². The van der Waals surface area contributed by atoms with Gasteiger partial charge in [0, 0.05) is 5.33 Å². The largest absolute Gasteiger partial charge is 0.490 e. The maximum absolute atomic E-state index is 12.5. The molecule has 0 bridgehead atoms. The van der Waals surface area contributed by atoms with Gasteiger partial charge in [-0.1, -0.05) is 34.5 Å². The second-order valence-electron chi connectivity index (χ2n) is 3.69. The maximum Gasteiger partial charge on any atom is 0.416 e. The fourth-order valence-corrected chi connectivity index (χ4v) is 1.94. The number of alkyl halides is 4. The maximum atomic E-state index is 12.5. The van der Waals surface area contributed by atoms with Gasteiger partial charge in [-0.25, -0.2) is 0 Å². The van der Waals surface area contributed by atoms with Gasteiger partial charge >= 0.3 is 6.18 Å². The SMILES string of the molecule is CC/C(=C\COc1cccc(C(F)(F)F)c1)CBr. The van der Waals surface area contributed by atoms with Gasteiger partial charge in [0.05, 0.1) is 5.56 Å². The van der Waals surface area contributed by atoms with Crippen molar-refractivity contribution in [2.24, 2.45) is 0 Å². The lowest BCUT2D eigenvalue weighted by Crippen LogP contribution is -2.05. The van der Waals surface area contributed by atoms with Crippen molar-refractivity contribution in [3.8, 4) is 5.75 Å². The molecule has 0 N–H and O–H groups in total. The molecule has 0 amide bonds. The molecule has 5 heteroatoms. The molecule has 1 aromatic carbocycles. The normalized spacial score (nSPS) is 12.6. The van der Waals surface area contributed by atoms with E-state index >= 15 is 0 Å². The minimum Gasteiger partial charge on any atom is -0.490 e. The van der Waals surface area contributed by atoms with Crippen molar-refractivity contribution in [2.45, 2.75) is 19.5 Å². The fraction of sp³-hybridized carbons (Fsp3) is 0.385. The monoisotopic (exact) mass is 322 g/mol. The second kappa shape index (κ2) is 6.83. The van der Waals surface area contributed by atoms with Gasteiger partial charge in [0.25, 0.3) is 0 Å². The van der Waals surface area contributed by atoms with Gasteiger partial charge < -0.3 is 4.74 Å². The highest BCUT2D eigenvalue weighted by atomic mass is 79.9. The molecule has 0 spiro atoms. The molecule has 18 heavy (non-hydrogen) atoms. The van der Waals surface area contributed by atoms with Crippen molar-refractivity contribution in [3.63, 3.8) is 0 Å². The second-order valence-corrected chi connectivity index (χ2v) is 4.25. The molecule has 0 aliphatic heterocycles. The van der Waals surface area contributed by atoms with Gasteiger partial charge in [0.1, 0.15) is 12.4 Å². The first kappa shape index (κ1) is 15.1. The molecule has 100 valence electrons. The molecule has 0 aliphatic carbocycles. The van der Waals surface area contributed by atoms with Crippen molar-refractivity contribution in [1.29, 1.82) is 0 Å². The average molecular weight is 323 g/mol. The zero-order chi connectivity index (χ0) is 13.6. The van der Waals surface area contributed by atoms with Crippen molar-refractivity contribution >= 4 is 15.9 Å². The number of benzene rings is 1. The predicted octanol–water partition coefficient (Wildman–Crippen LogP) is 4.82. The summed E-state index contributed by atoms with van der Waals surface area (Å²) in [7, 11) is 0. The highest BCUT2D eigenvalue weighted by Gasteiger charge is 2.30. The molecule has 0 aromatic heterocycles. The van der Waals surface area contributed by atoms with Crippen LogP contribution in [0.2, 0.25) is 0 Å². The van der Waals surface area contributed by atoms with Crippen LogP contribution in [-0.2, 0) is 6.18 Å². The summed E-state index contributed by atoms with van der Waals surface area (Å²) in [5, 5.41) is 0.745. The third-order valence-electron chi connectivity index (χ3n) is 2.41. The Morgan fingerprint density at radius 3 is 2.67 bits per heavy atom. The molecule has 0 saturated heterocycles. The lowest BCUT2D eigenvalue weighted by atomic mass is 10.2. The lowest BCUT2D eigenvalue weighted by Gasteiger charge is -2.09. The summed E-state index contributed by atoms with van der Waals surface area (Å²) in [6.07, 6.45) is -1.58. The molecule has 0 fully saturated rings. The van der Waals surface area contributed by atoms with Crippen LogP contribution in [0.4, 0.5) is 13.2 Å². The Balaban J connectivity index is 2.66. The van der Waals surface area contributed by atoms with Gasteiger partial charge in [-0.05, 0) is 30.7 Å². The third-order valence-corrected chi connectivity index (χ3v) is 3.13.